The second-order valence-corrected chi connectivity index (χ2v) is 5.13. The lowest BCUT2D eigenvalue weighted by Gasteiger charge is -2.21. The molecule has 1 saturated heterocycles. The summed E-state index contributed by atoms with van der Waals surface area (Å²) in [7, 11) is 0. The maximum atomic E-state index is 11.3. The number of carboxylic acid groups (broad SMARTS) is 1. The molecule has 0 amide bonds. The van der Waals surface area contributed by atoms with Crippen molar-refractivity contribution < 1.29 is 14.8 Å². The number of benzene rings is 1. The highest BCUT2D eigenvalue weighted by Gasteiger charge is 2.27. The van der Waals surface area contributed by atoms with Crippen molar-refractivity contribution >= 4 is 28.9 Å². The van der Waals surface area contributed by atoms with Crippen molar-refractivity contribution in [2.45, 2.75) is 13.3 Å². The molecule has 1 unspecified atom stereocenters. The van der Waals surface area contributed by atoms with Gasteiger partial charge >= 0.3 is 5.97 Å². The van der Waals surface area contributed by atoms with Crippen LogP contribution in [-0.2, 0) is 0 Å². The number of carboxylic acids is 1. The molecule has 0 bridgehead atoms. The number of rotatable bonds is 3. The van der Waals surface area contributed by atoms with Crippen molar-refractivity contribution in [3.05, 3.63) is 32.8 Å². The van der Waals surface area contributed by atoms with E-state index in [0.717, 1.165) is 12.5 Å². The van der Waals surface area contributed by atoms with Crippen molar-refractivity contribution in [3.63, 3.8) is 0 Å². The van der Waals surface area contributed by atoms with E-state index >= 15 is 0 Å². The number of nitrogens with zero attached hydrogens (tertiary/aromatic N) is 2. The Balaban J connectivity index is 2.53. The summed E-state index contributed by atoms with van der Waals surface area (Å²) in [6, 6.07) is 2.26. The number of aromatic carboxylic acids is 1. The van der Waals surface area contributed by atoms with Crippen molar-refractivity contribution in [3.8, 4) is 0 Å². The molecular weight excluding hydrogens is 272 g/mol. The summed E-state index contributed by atoms with van der Waals surface area (Å²) >= 11 is 6.04. The minimum Gasteiger partial charge on any atom is -0.478 e. The molecule has 0 saturated carbocycles. The number of carbonyl (C=O) groups is 1. The zero-order valence-electron chi connectivity index (χ0n) is 10.3. The molecule has 0 spiro atoms. The van der Waals surface area contributed by atoms with Gasteiger partial charge in [-0.15, -0.1) is 0 Å². The zero-order valence-corrected chi connectivity index (χ0v) is 11.1. The fourth-order valence-corrected chi connectivity index (χ4v) is 2.65. The lowest BCUT2D eigenvalue weighted by molar-refractivity contribution is -0.384. The normalized spacial score (nSPS) is 18.6. The first-order valence-electron chi connectivity index (χ1n) is 5.86. The predicted molar refractivity (Wildman–Crippen MR) is 71.1 cm³/mol. The SMILES string of the molecule is CC1CCN(c2c(Cl)cc([N+](=O)[O-])cc2C(=O)O)C1. The largest absolute Gasteiger partial charge is 0.478 e. The van der Waals surface area contributed by atoms with Crippen LogP contribution >= 0.6 is 11.6 Å². The molecule has 1 N–H and O–H groups in total. The molecule has 1 aromatic rings. The highest BCUT2D eigenvalue weighted by Crippen LogP contribution is 2.36. The zero-order chi connectivity index (χ0) is 14.2. The number of nitro benzene ring substituents is 1. The molecule has 6 nitrogen and oxygen atoms in total. The minimum absolute atomic E-state index is 0.112. The summed E-state index contributed by atoms with van der Waals surface area (Å²) in [5.41, 5.74) is -0.0455. The summed E-state index contributed by atoms with van der Waals surface area (Å²) in [5, 5.41) is 20.1. The van der Waals surface area contributed by atoms with E-state index in [0.29, 0.717) is 24.7 Å². The van der Waals surface area contributed by atoms with Gasteiger partial charge in [-0.25, -0.2) is 4.79 Å². The molecule has 1 heterocycles. The number of nitro groups is 1. The number of hydrogen-bond donors (Lipinski definition) is 1. The number of halogens is 1. The van der Waals surface area contributed by atoms with Gasteiger partial charge in [0.05, 0.1) is 21.2 Å². The maximum absolute atomic E-state index is 11.3. The molecule has 1 aromatic carbocycles. The second-order valence-electron chi connectivity index (χ2n) is 4.73. The van der Waals surface area contributed by atoms with Crippen molar-refractivity contribution in [2.24, 2.45) is 5.92 Å². The molecule has 102 valence electrons. The van der Waals surface area contributed by atoms with Crippen LogP contribution in [0.1, 0.15) is 23.7 Å². The van der Waals surface area contributed by atoms with Crippen molar-refractivity contribution in [1.82, 2.24) is 0 Å². The van der Waals surface area contributed by atoms with Gasteiger partial charge in [-0.3, -0.25) is 10.1 Å². The summed E-state index contributed by atoms with van der Waals surface area (Å²) in [5.74, 6) is -0.756. The molecule has 0 radical (unpaired) electrons. The van der Waals surface area contributed by atoms with Gasteiger partial charge in [0.1, 0.15) is 0 Å². The quantitative estimate of drug-likeness (QED) is 0.681. The topological polar surface area (TPSA) is 83.7 Å². The van der Waals surface area contributed by atoms with E-state index in [-0.39, 0.29) is 16.3 Å². The molecule has 0 aliphatic carbocycles. The van der Waals surface area contributed by atoms with Crippen LogP contribution in [0.3, 0.4) is 0 Å². The Kier molecular flexibility index (Phi) is 3.61. The van der Waals surface area contributed by atoms with E-state index in [1.54, 1.807) is 0 Å². The molecule has 1 aliphatic heterocycles. The van der Waals surface area contributed by atoms with Gasteiger partial charge in [0.2, 0.25) is 0 Å². The fourth-order valence-electron chi connectivity index (χ4n) is 2.31. The summed E-state index contributed by atoms with van der Waals surface area (Å²) < 4.78 is 0. The van der Waals surface area contributed by atoms with Crippen molar-refractivity contribution in [2.75, 3.05) is 18.0 Å². The summed E-state index contributed by atoms with van der Waals surface area (Å²) in [6.45, 7) is 3.48. The van der Waals surface area contributed by atoms with E-state index in [9.17, 15) is 20.0 Å². The highest BCUT2D eigenvalue weighted by molar-refractivity contribution is 6.34. The van der Waals surface area contributed by atoms with Crippen LogP contribution in [0.25, 0.3) is 0 Å². The van der Waals surface area contributed by atoms with Crippen LogP contribution in [0.5, 0.6) is 0 Å². The Labute approximate surface area is 114 Å². The van der Waals surface area contributed by atoms with E-state index in [1.807, 2.05) is 4.90 Å². The average Bonchev–Trinajstić information content (AvgIpc) is 2.74. The third-order valence-electron chi connectivity index (χ3n) is 3.23. The van der Waals surface area contributed by atoms with Crippen LogP contribution in [-0.4, -0.2) is 29.1 Å². The van der Waals surface area contributed by atoms with Gasteiger partial charge in [0.25, 0.3) is 5.69 Å². The van der Waals surface area contributed by atoms with Gasteiger partial charge in [0, 0.05) is 25.2 Å². The molecule has 1 aliphatic rings. The van der Waals surface area contributed by atoms with Gasteiger partial charge < -0.3 is 10.0 Å². The average molecular weight is 285 g/mol. The van der Waals surface area contributed by atoms with Crippen LogP contribution in [0.4, 0.5) is 11.4 Å². The summed E-state index contributed by atoms with van der Waals surface area (Å²) in [6.07, 6.45) is 0.951. The van der Waals surface area contributed by atoms with Crippen LogP contribution < -0.4 is 4.90 Å². The molecule has 1 fully saturated rings. The number of hydrogen-bond acceptors (Lipinski definition) is 4. The van der Waals surface area contributed by atoms with Gasteiger partial charge in [-0.2, -0.15) is 0 Å². The molecule has 0 aromatic heterocycles. The Morgan fingerprint density at radius 1 is 1.58 bits per heavy atom. The Morgan fingerprint density at radius 2 is 2.26 bits per heavy atom. The smallest absolute Gasteiger partial charge is 0.338 e. The third kappa shape index (κ3) is 2.63. The molecule has 7 heteroatoms. The van der Waals surface area contributed by atoms with Crippen LogP contribution in [0.15, 0.2) is 12.1 Å². The summed E-state index contributed by atoms with van der Waals surface area (Å²) in [4.78, 5) is 23.3. The van der Waals surface area contributed by atoms with Gasteiger partial charge in [-0.05, 0) is 12.3 Å². The first kappa shape index (κ1) is 13.6. The van der Waals surface area contributed by atoms with Gasteiger partial charge in [0.15, 0.2) is 0 Å². The lowest BCUT2D eigenvalue weighted by Crippen LogP contribution is -2.22. The molecule has 1 atom stereocenters. The number of anilines is 1. The second kappa shape index (κ2) is 5.05. The predicted octanol–water partition coefficient (Wildman–Crippen LogP) is 2.79. The van der Waals surface area contributed by atoms with Crippen LogP contribution in [0, 0.1) is 16.0 Å². The van der Waals surface area contributed by atoms with E-state index in [1.165, 1.54) is 6.07 Å². The lowest BCUT2D eigenvalue weighted by atomic mass is 10.1. The van der Waals surface area contributed by atoms with Crippen molar-refractivity contribution in [1.29, 1.82) is 0 Å². The Bertz CT molecular complexity index is 547. The first-order chi connectivity index (χ1) is 8.90. The first-order valence-corrected chi connectivity index (χ1v) is 6.24. The molecule has 2 rings (SSSR count). The van der Waals surface area contributed by atoms with Crippen LogP contribution in [0.2, 0.25) is 5.02 Å². The van der Waals surface area contributed by atoms with E-state index < -0.39 is 10.9 Å². The van der Waals surface area contributed by atoms with Gasteiger partial charge in [-0.1, -0.05) is 18.5 Å². The molecular formula is C12H13ClN2O4. The number of non-ortho nitro benzene ring substituents is 1. The Morgan fingerprint density at radius 3 is 2.74 bits per heavy atom. The van der Waals surface area contributed by atoms with E-state index in [2.05, 4.69) is 6.92 Å². The monoisotopic (exact) mass is 284 g/mol. The molecule has 19 heavy (non-hydrogen) atoms. The highest BCUT2D eigenvalue weighted by atomic mass is 35.5. The maximum Gasteiger partial charge on any atom is 0.338 e. The standard InChI is InChI=1S/C12H13ClN2O4/c1-7-2-3-14(6-7)11-9(12(16)17)4-8(15(18)19)5-10(11)13/h4-5,7H,2-3,6H2,1H3,(H,16,17). The van der Waals surface area contributed by atoms with E-state index in [4.69, 9.17) is 11.6 Å². The fraction of sp³-hybridized carbons (Fsp3) is 0.417. The Hall–Kier alpha value is -1.82. The third-order valence-corrected chi connectivity index (χ3v) is 3.52. The minimum atomic E-state index is -1.21.